The predicted molar refractivity (Wildman–Crippen MR) is 58.6 cm³/mol. The fourth-order valence-corrected chi connectivity index (χ4v) is 1.56. The maximum Gasteiger partial charge on any atom is 0.142 e. The summed E-state index contributed by atoms with van der Waals surface area (Å²) in [6.45, 7) is 2.85. The Morgan fingerprint density at radius 3 is 2.86 bits per heavy atom. The van der Waals surface area contributed by atoms with Crippen molar-refractivity contribution >= 4 is 5.69 Å². The van der Waals surface area contributed by atoms with E-state index < -0.39 is 0 Å². The van der Waals surface area contributed by atoms with E-state index in [1.54, 1.807) is 0 Å². The quantitative estimate of drug-likeness (QED) is 0.743. The molecular weight excluding hydrogens is 174 g/mol. The lowest BCUT2D eigenvalue weighted by Gasteiger charge is -2.09. The summed E-state index contributed by atoms with van der Waals surface area (Å²) < 4.78 is 5.58. The topological polar surface area (TPSA) is 35.2 Å². The first-order chi connectivity index (χ1) is 6.81. The first-order valence-corrected chi connectivity index (χ1v) is 5.33. The van der Waals surface area contributed by atoms with Gasteiger partial charge in [0.1, 0.15) is 5.75 Å². The predicted octanol–water partition coefficient (Wildman–Crippen LogP) is 2.94. The Hall–Kier alpha value is -1.18. The van der Waals surface area contributed by atoms with Crippen molar-refractivity contribution in [2.24, 2.45) is 0 Å². The molecule has 0 bridgehead atoms. The molecule has 1 fully saturated rings. The lowest BCUT2D eigenvalue weighted by Crippen LogP contribution is -1.99. The standard InChI is InChI=1S/C12H17NO/c1-2-7-14-12-8-10(9-3-4-9)5-6-11(12)13/h5-6,8-9H,2-4,7,13H2,1H3. The molecule has 0 aliphatic heterocycles. The van der Waals surface area contributed by atoms with E-state index in [0.717, 1.165) is 30.4 Å². The van der Waals surface area contributed by atoms with E-state index in [4.69, 9.17) is 10.5 Å². The van der Waals surface area contributed by atoms with Crippen LogP contribution in [0.3, 0.4) is 0 Å². The molecule has 2 rings (SSSR count). The average Bonchev–Trinajstić information content (AvgIpc) is 3.00. The van der Waals surface area contributed by atoms with Gasteiger partial charge >= 0.3 is 0 Å². The molecule has 0 spiro atoms. The van der Waals surface area contributed by atoms with Crippen LogP contribution >= 0.6 is 0 Å². The number of hydrogen-bond donors (Lipinski definition) is 1. The first-order valence-electron chi connectivity index (χ1n) is 5.33. The van der Waals surface area contributed by atoms with Gasteiger partial charge in [-0.15, -0.1) is 0 Å². The number of nitrogens with two attached hydrogens (primary N) is 1. The van der Waals surface area contributed by atoms with Crippen LogP contribution in [0.15, 0.2) is 18.2 Å². The highest BCUT2D eigenvalue weighted by molar-refractivity contribution is 5.54. The van der Waals surface area contributed by atoms with Crippen molar-refractivity contribution in [2.75, 3.05) is 12.3 Å². The molecule has 0 aromatic heterocycles. The zero-order valence-corrected chi connectivity index (χ0v) is 8.62. The van der Waals surface area contributed by atoms with Crippen LogP contribution in [0.2, 0.25) is 0 Å². The summed E-state index contributed by atoms with van der Waals surface area (Å²) in [5, 5.41) is 0. The Morgan fingerprint density at radius 1 is 1.43 bits per heavy atom. The van der Waals surface area contributed by atoms with Gasteiger partial charge in [0.2, 0.25) is 0 Å². The largest absolute Gasteiger partial charge is 0.491 e. The molecule has 1 aliphatic rings. The van der Waals surface area contributed by atoms with Crippen LogP contribution in [0.5, 0.6) is 5.75 Å². The SMILES string of the molecule is CCCOc1cc(C2CC2)ccc1N. The van der Waals surface area contributed by atoms with Crippen LogP contribution < -0.4 is 10.5 Å². The second-order valence-electron chi connectivity index (χ2n) is 3.92. The van der Waals surface area contributed by atoms with Crippen molar-refractivity contribution in [3.05, 3.63) is 23.8 Å². The highest BCUT2D eigenvalue weighted by Gasteiger charge is 2.24. The second-order valence-corrected chi connectivity index (χ2v) is 3.92. The summed E-state index contributed by atoms with van der Waals surface area (Å²) in [6.07, 6.45) is 3.65. The van der Waals surface area contributed by atoms with Crippen molar-refractivity contribution in [2.45, 2.75) is 32.1 Å². The van der Waals surface area contributed by atoms with Crippen LogP contribution in [-0.4, -0.2) is 6.61 Å². The minimum Gasteiger partial charge on any atom is -0.491 e. The van der Waals surface area contributed by atoms with Crippen LogP contribution in [0, 0.1) is 0 Å². The summed E-state index contributed by atoms with van der Waals surface area (Å²) >= 11 is 0. The molecule has 0 amide bonds. The molecule has 0 atom stereocenters. The third-order valence-corrected chi connectivity index (χ3v) is 2.55. The zero-order valence-electron chi connectivity index (χ0n) is 8.62. The van der Waals surface area contributed by atoms with E-state index in [-0.39, 0.29) is 0 Å². The van der Waals surface area contributed by atoms with E-state index in [1.165, 1.54) is 18.4 Å². The van der Waals surface area contributed by atoms with Gasteiger partial charge in [0.15, 0.2) is 0 Å². The highest BCUT2D eigenvalue weighted by Crippen LogP contribution is 2.42. The van der Waals surface area contributed by atoms with Gasteiger partial charge in [0.25, 0.3) is 0 Å². The van der Waals surface area contributed by atoms with Crippen molar-refractivity contribution < 1.29 is 4.74 Å². The minimum atomic E-state index is 0.748. The number of benzene rings is 1. The van der Waals surface area contributed by atoms with Crippen molar-refractivity contribution in [3.8, 4) is 5.75 Å². The lowest BCUT2D eigenvalue weighted by molar-refractivity contribution is 0.319. The molecule has 1 aromatic rings. The van der Waals surface area contributed by atoms with E-state index in [1.807, 2.05) is 6.07 Å². The normalized spacial score (nSPS) is 15.5. The first kappa shape index (κ1) is 9.38. The Morgan fingerprint density at radius 2 is 2.21 bits per heavy atom. The molecule has 76 valence electrons. The average molecular weight is 191 g/mol. The van der Waals surface area contributed by atoms with Crippen LogP contribution in [-0.2, 0) is 0 Å². The van der Waals surface area contributed by atoms with Gasteiger partial charge in [-0.2, -0.15) is 0 Å². The molecule has 2 nitrogen and oxygen atoms in total. The van der Waals surface area contributed by atoms with E-state index >= 15 is 0 Å². The molecule has 1 aromatic carbocycles. The number of ether oxygens (including phenoxy) is 1. The highest BCUT2D eigenvalue weighted by atomic mass is 16.5. The molecule has 0 radical (unpaired) electrons. The molecule has 2 heteroatoms. The van der Waals surface area contributed by atoms with Crippen LogP contribution in [0.1, 0.15) is 37.7 Å². The summed E-state index contributed by atoms with van der Waals surface area (Å²) in [5.74, 6) is 1.62. The summed E-state index contributed by atoms with van der Waals surface area (Å²) in [7, 11) is 0. The third kappa shape index (κ3) is 2.00. The Bertz CT molecular complexity index is 318. The van der Waals surface area contributed by atoms with Crippen LogP contribution in [0.25, 0.3) is 0 Å². The molecule has 1 aliphatic carbocycles. The van der Waals surface area contributed by atoms with Gasteiger partial charge in [-0.1, -0.05) is 13.0 Å². The fourth-order valence-electron chi connectivity index (χ4n) is 1.56. The molecule has 0 heterocycles. The van der Waals surface area contributed by atoms with Crippen molar-refractivity contribution in [1.82, 2.24) is 0 Å². The van der Waals surface area contributed by atoms with Gasteiger partial charge in [-0.3, -0.25) is 0 Å². The van der Waals surface area contributed by atoms with Gasteiger partial charge in [0, 0.05) is 0 Å². The van der Waals surface area contributed by atoms with Gasteiger partial charge in [-0.25, -0.2) is 0 Å². The molecular formula is C12H17NO. The van der Waals surface area contributed by atoms with E-state index in [9.17, 15) is 0 Å². The van der Waals surface area contributed by atoms with E-state index in [0.29, 0.717) is 0 Å². The Kier molecular flexibility index (Phi) is 2.62. The van der Waals surface area contributed by atoms with Gasteiger partial charge in [-0.05, 0) is 42.9 Å². The molecule has 2 N–H and O–H groups in total. The maximum absolute atomic E-state index is 5.83. The van der Waals surface area contributed by atoms with Crippen molar-refractivity contribution in [3.63, 3.8) is 0 Å². The monoisotopic (exact) mass is 191 g/mol. The maximum atomic E-state index is 5.83. The number of anilines is 1. The zero-order chi connectivity index (χ0) is 9.97. The minimum absolute atomic E-state index is 0.748. The lowest BCUT2D eigenvalue weighted by atomic mass is 10.1. The van der Waals surface area contributed by atoms with Crippen molar-refractivity contribution in [1.29, 1.82) is 0 Å². The molecule has 14 heavy (non-hydrogen) atoms. The van der Waals surface area contributed by atoms with Gasteiger partial charge in [0.05, 0.1) is 12.3 Å². The second kappa shape index (κ2) is 3.91. The smallest absolute Gasteiger partial charge is 0.142 e. The summed E-state index contributed by atoms with van der Waals surface area (Å²) in [5.41, 5.74) is 7.96. The molecule has 0 unspecified atom stereocenters. The third-order valence-electron chi connectivity index (χ3n) is 2.55. The number of hydrogen-bond acceptors (Lipinski definition) is 2. The summed E-state index contributed by atoms with van der Waals surface area (Å²) in [4.78, 5) is 0. The fraction of sp³-hybridized carbons (Fsp3) is 0.500. The van der Waals surface area contributed by atoms with E-state index in [2.05, 4.69) is 19.1 Å². The van der Waals surface area contributed by atoms with Crippen LogP contribution in [0.4, 0.5) is 5.69 Å². The number of rotatable bonds is 4. The van der Waals surface area contributed by atoms with Gasteiger partial charge < -0.3 is 10.5 Å². The molecule has 0 saturated heterocycles. The summed E-state index contributed by atoms with van der Waals surface area (Å²) in [6, 6.07) is 6.17. The molecule has 1 saturated carbocycles. The Labute approximate surface area is 85.1 Å². The number of nitrogen functional groups attached to an aromatic ring is 1. The Balaban J connectivity index is 2.14.